The van der Waals surface area contributed by atoms with Gasteiger partial charge >= 0.3 is 6.03 Å². The van der Waals surface area contributed by atoms with E-state index in [1.807, 2.05) is 12.2 Å². The van der Waals surface area contributed by atoms with Crippen LogP contribution in [0.3, 0.4) is 0 Å². The van der Waals surface area contributed by atoms with Gasteiger partial charge in [0.05, 0.1) is 13.2 Å². The lowest BCUT2D eigenvalue weighted by Crippen LogP contribution is -2.52. The smallest absolute Gasteiger partial charge is 0.325 e. The van der Waals surface area contributed by atoms with E-state index in [1.54, 1.807) is 13.8 Å². The summed E-state index contributed by atoms with van der Waals surface area (Å²) in [7, 11) is 1.49. The number of imide groups is 1. The predicted molar refractivity (Wildman–Crippen MR) is 97.0 cm³/mol. The van der Waals surface area contributed by atoms with Gasteiger partial charge in [0.15, 0.2) is 0 Å². The van der Waals surface area contributed by atoms with Gasteiger partial charge in [-0.3, -0.25) is 9.59 Å². The Kier molecular flexibility index (Phi) is 6.78. The summed E-state index contributed by atoms with van der Waals surface area (Å²) < 4.78 is 6.76. The van der Waals surface area contributed by atoms with Gasteiger partial charge in [0.1, 0.15) is 12.1 Å². The first-order valence-electron chi connectivity index (χ1n) is 8.32. The van der Waals surface area contributed by atoms with E-state index in [4.69, 9.17) is 4.74 Å². The number of hydrogen-bond donors (Lipinski definition) is 2. The molecular weight excluding hydrogens is 390 g/mol. The van der Waals surface area contributed by atoms with Crippen molar-refractivity contribution in [3.05, 3.63) is 22.2 Å². The molecule has 4 amide bonds. The van der Waals surface area contributed by atoms with Gasteiger partial charge in [0.25, 0.3) is 5.91 Å². The molecule has 0 bridgehead atoms. The van der Waals surface area contributed by atoms with Gasteiger partial charge in [-0.2, -0.15) is 0 Å². The van der Waals surface area contributed by atoms with Crippen LogP contribution in [0.1, 0.15) is 26.7 Å². The highest BCUT2D eigenvalue weighted by atomic mass is 79.9. The van der Waals surface area contributed by atoms with Crippen molar-refractivity contribution in [2.24, 2.45) is 5.92 Å². The second-order valence-corrected chi connectivity index (χ2v) is 7.49. The first kappa shape index (κ1) is 19.7. The lowest BCUT2D eigenvalue weighted by atomic mass is 10.0. The number of allylic oxidation sites excluding steroid dienone is 3. The molecule has 1 aliphatic carbocycles. The molecule has 0 aromatic carbocycles. The molecule has 1 saturated heterocycles. The molecule has 1 aliphatic heterocycles. The van der Waals surface area contributed by atoms with Crippen LogP contribution in [0.15, 0.2) is 22.2 Å². The summed E-state index contributed by atoms with van der Waals surface area (Å²) in [6.07, 6.45) is 5.82. The molecule has 0 unspecified atom stereocenters. The van der Waals surface area contributed by atoms with E-state index in [-0.39, 0.29) is 18.4 Å². The zero-order valence-electron chi connectivity index (χ0n) is 14.7. The number of likely N-dealkylation sites (N-methyl/N-ethyl adjacent to an activating group) is 1. The summed E-state index contributed by atoms with van der Waals surface area (Å²) in [6.45, 7) is 4.10. The van der Waals surface area contributed by atoms with E-state index in [0.29, 0.717) is 6.61 Å². The van der Waals surface area contributed by atoms with Crippen molar-refractivity contribution in [1.29, 1.82) is 0 Å². The zero-order chi connectivity index (χ0) is 18.6. The second kappa shape index (κ2) is 8.62. The van der Waals surface area contributed by atoms with Gasteiger partial charge in [-0.1, -0.05) is 41.9 Å². The molecule has 2 atom stereocenters. The van der Waals surface area contributed by atoms with Crippen LogP contribution in [0, 0.1) is 5.92 Å². The average molecular weight is 414 g/mol. The maximum Gasteiger partial charge on any atom is 0.325 e. The van der Waals surface area contributed by atoms with Crippen molar-refractivity contribution in [3.8, 4) is 0 Å². The van der Waals surface area contributed by atoms with Crippen LogP contribution in [0.25, 0.3) is 0 Å². The van der Waals surface area contributed by atoms with Crippen LogP contribution in [-0.4, -0.2) is 55.1 Å². The molecule has 138 valence electrons. The normalized spacial score (nSPS) is 21.8. The monoisotopic (exact) mass is 413 g/mol. The molecule has 0 saturated carbocycles. The number of nitrogens with one attached hydrogen (secondary N) is 2. The molecule has 25 heavy (non-hydrogen) atoms. The molecule has 8 heteroatoms. The number of rotatable bonds is 7. The number of nitrogens with zero attached hydrogens (tertiary/aromatic N) is 1. The number of carbonyl (C=O) groups is 3. The van der Waals surface area contributed by atoms with Crippen LogP contribution < -0.4 is 10.6 Å². The third-order valence-electron chi connectivity index (χ3n) is 4.23. The molecule has 1 fully saturated rings. The lowest BCUT2D eigenvalue weighted by Gasteiger charge is -2.26. The summed E-state index contributed by atoms with van der Waals surface area (Å²) >= 11 is 3.45. The fourth-order valence-electron chi connectivity index (χ4n) is 2.87. The Morgan fingerprint density at radius 3 is 2.68 bits per heavy atom. The van der Waals surface area contributed by atoms with Crippen molar-refractivity contribution >= 4 is 33.8 Å². The highest BCUT2D eigenvalue weighted by Gasteiger charge is 2.45. The molecule has 0 aromatic heterocycles. The van der Waals surface area contributed by atoms with Crippen LogP contribution in [0.4, 0.5) is 4.79 Å². The molecule has 0 spiro atoms. The molecule has 2 aliphatic rings. The predicted octanol–water partition coefficient (Wildman–Crippen LogP) is 1.69. The third-order valence-corrected chi connectivity index (χ3v) is 4.89. The Hall–Kier alpha value is -1.67. The minimum absolute atomic E-state index is 0.0852. The van der Waals surface area contributed by atoms with E-state index >= 15 is 0 Å². The number of urea groups is 1. The van der Waals surface area contributed by atoms with Gasteiger partial charge in [0.2, 0.25) is 5.91 Å². The van der Waals surface area contributed by atoms with E-state index in [0.717, 1.165) is 27.8 Å². The highest BCUT2D eigenvalue weighted by Crippen LogP contribution is 2.23. The Bertz CT molecular complexity index is 615. The van der Waals surface area contributed by atoms with Gasteiger partial charge < -0.3 is 15.4 Å². The van der Waals surface area contributed by atoms with Crippen molar-refractivity contribution in [1.82, 2.24) is 15.5 Å². The summed E-state index contributed by atoms with van der Waals surface area (Å²) in [5.41, 5.74) is 1.14. The molecule has 0 radical (unpaired) electrons. The topological polar surface area (TPSA) is 87.7 Å². The van der Waals surface area contributed by atoms with E-state index in [1.165, 1.54) is 7.05 Å². The van der Waals surface area contributed by atoms with Crippen molar-refractivity contribution in [2.45, 2.75) is 38.8 Å². The Morgan fingerprint density at radius 2 is 2.12 bits per heavy atom. The number of halogens is 1. The number of amides is 4. The largest absolute Gasteiger partial charge is 0.374 e. The summed E-state index contributed by atoms with van der Waals surface area (Å²) in [5.74, 6) is -0.968. The quantitative estimate of drug-likeness (QED) is 0.621. The molecular formula is C17H24BrN3O4. The molecule has 2 N–H and O–H groups in total. The highest BCUT2D eigenvalue weighted by molar-refractivity contribution is 9.11. The molecule has 1 heterocycles. The Labute approximate surface area is 156 Å². The van der Waals surface area contributed by atoms with Crippen molar-refractivity contribution in [2.75, 3.05) is 20.3 Å². The second-order valence-electron chi connectivity index (χ2n) is 6.47. The van der Waals surface area contributed by atoms with Crippen molar-refractivity contribution < 1.29 is 19.1 Å². The van der Waals surface area contributed by atoms with Crippen LogP contribution >= 0.6 is 15.9 Å². The lowest BCUT2D eigenvalue weighted by molar-refractivity contribution is -0.137. The van der Waals surface area contributed by atoms with E-state index < -0.39 is 24.0 Å². The first-order valence-corrected chi connectivity index (χ1v) is 9.11. The van der Waals surface area contributed by atoms with Gasteiger partial charge in [0, 0.05) is 7.05 Å². The maximum atomic E-state index is 12.6. The molecule has 2 rings (SSSR count). The van der Waals surface area contributed by atoms with Crippen LogP contribution in [0.2, 0.25) is 0 Å². The number of ether oxygens (including phenoxy) is 1. The fraction of sp³-hybridized carbons (Fsp3) is 0.588. The number of hydrogen-bond acceptors (Lipinski definition) is 4. The molecule has 0 aromatic rings. The minimum Gasteiger partial charge on any atom is -0.374 e. The zero-order valence-corrected chi connectivity index (χ0v) is 16.3. The molecule has 7 nitrogen and oxygen atoms in total. The van der Waals surface area contributed by atoms with Gasteiger partial charge in [-0.15, -0.1) is 0 Å². The Balaban J connectivity index is 1.95. The van der Waals surface area contributed by atoms with E-state index in [2.05, 4.69) is 26.6 Å². The first-order chi connectivity index (χ1) is 11.8. The number of carbonyl (C=O) groups excluding carboxylic acids is 3. The van der Waals surface area contributed by atoms with Crippen molar-refractivity contribution in [3.63, 3.8) is 0 Å². The average Bonchev–Trinajstić information content (AvgIpc) is 2.84. The summed E-state index contributed by atoms with van der Waals surface area (Å²) in [5, 5.41) is 5.11. The summed E-state index contributed by atoms with van der Waals surface area (Å²) in [6, 6.07) is -2.14. The standard InChI is InChI=1S/C17H24BrN3O4/c1-10(2)14(15(22)19-3)21-16(23)13(20-17(21)24)9-25-8-11-4-6-12(18)7-5-11/h4,6,10,13-14H,5,7-9H2,1-3H3,(H,19,22)(H,20,24)/t13-,14+/m0/s1. The van der Waals surface area contributed by atoms with Crippen LogP contribution in [-0.2, 0) is 14.3 Å². The maximum absolute atomic E-state index is 12.6. The van der Waals surface area contributed by atoms with Crippen LogP contribution in [0.5, 0.6) is 0 Å². The van der Waals surface area contributed by atoms with Gasteiger partial charge in [-0.25, -0.2) is 9.69 Å². The Morgan fingerprint density at radius 1 is 1.40 bits per heavy atom. The SMILES string of the molecule is CNC(=O)[C@@H](C(C)C)N1C(=O)N[C@@H](COCC2=CC=C(Br)CC2)C1=O. The minimum atomic E-state index is -0.828. The van der Waals surface area contributed by atoms with E-state index in [9.17, 15) is 14.4 Å². The fourth-order valence-corrected chi connectivity index (χ4v) is 3.20. The summed E-state index contributed by atoms with van der Waals surface area (Å²) in [4.78, 5) is 37.8. The third kappa shape index (κ3) is 4.70. The van der Waals surface area contributed by atoms with Gasteiger partial charge in [-0.05, 0) is 28.8 Å².